The lowest BCUT2D eigenvalue weighted by Gasteiger charge is -2.23. The maximum Gasteiger partial charge on any atom is 0.164 e. The largest absolute Gasteiger partial charge is 0.208 e. The van der Waals surface area contributed by atoms with Gasteiger partial charge in [-0.05, 0) is 158 Å². The van der Waals surface area contributed by atoms with Crippen LogP contribution in [0.2, 0.25) is 0 Å². The van der Waals surface area contributed by atoms with Gasteiger partial charge < -0.3 is 0 Å². The molecule has 17 rings (SSSR count). The van der Waals surface area contributed by atoms with E-state index in [1.54, 1.807) is 0 Å². The molecule has 0 saturated heterocycles. The Hall–Kier alpha value is -11.3. The van der Waals surface area contributed by atoms with Crippen molar-refractivity contribution in [3.05, 3.63) is 290 Å². The van der Waals surface area contributed by atoms with Gasteiger partial charge in [0.15, 0.2) is 34.9 Å². The van der Waals surface area contributed by atoms with Crippen molar-refractivity contribution in [3.63, 3.8) is 0 Å². The minimum absolute atomic E-state index is 0.282. The van der Waals surface area contributed by atoms with E-state index in [1.165, 1.54) is 86.9 Å². The van der Waals surface area contributed by atoms with E-state index in [1.807, 2.05) is 121 Å². The van der Waals surface area contributed by atoms with Crippen LogP contribution in [0.3, 0.4) is 0 Å². The molecule has 1 aliphatic rings. The first-order valence-corrected chi connectivity index (χ1v) is 29.7. The summed E-state index contributed by atoms with van der Waals surface area (Å²) in [5, 5.41) is 14.9. The number of hydrogen-bond donors (Lipinski definition) is 0. The molecule has 0 amide bonds. The molecular weight excluding hydrogens is 1060 g/mol. The van der Waals surface area contributed by atoms with Crippen LogP contribution in [-0.4, -0.2) is 29.9 Å². The second-order valence-corrected chi connectivity index (χ2v) is 23.4. The highest BCUT2D eigenvalue weighted by Gasteiger charge is 2.37. The Morgan fingerprint density at radius 1 is 0.184 bits per heavy atom. The molecule has 6 heteroatoms. The van der Waals surface area contributed by atoms with Crippen molar-refractivity contribution >= 4 is 64.6 Å². The first-order chi connectivity index (χ1) is 42.8. The van der Waals surface area contributed by atoms with Crippen molar-refractivity contribution in [1.29, 1.82) is 0 Å². The number of hydrogen-bond acceptors (Lipinski definition) is 6. The maximum absolute atomic E-state index is 5.07. The summed E-state index contributed by atoms with van der Waals surface area (Å²) < 4.78 is 0. The third-order valence-electron chi connectivity index (χ3n) is 17.9. The maximum atomic E-state index is 5.07. The molecule has 14 aromatic carbocycles. The molecule has 0 aliphatic heterocycles. The Morgan fingerprint density at radius 2 is 0.425 bits per heavy atom. The van der Waals surface area contributed by atoms with Crippen LogP contribution in [0.25, 0.3) is 166 Å². The first-order valence-electron chi connectivity index (χ1n) is 29.7. The van der Waals surface area contributed by atoms with Crippen LogP contribution in [-0.2, 0) is 5.41 Å². The van der Waals surface area contributed by atoms with Crippen LogP contribution >= 0.6 is 0 Å². The van der Waals surface area contributed by atoms with E-state index >= 15 is 0 Å². The molecule has 6 nitrogen and oxygen atoms in total. The molecule has 0 saturated carbocycles. The van der Waals surface area contributed by atoms with E-state index in [4.69, 9.17) is 29.9 Å². The molecule has 16 aromatic rings. The van der Waals surface area contributed by atoms with Gasteiger partial charge >= 0.3 is 0 Å². The van der Waals surface area contributed by atoms with Gasteiger partial charge in [0.2, 0.25) is 0 Å². The topological polar surface area (TPSA) is 77.3 Å². The summed E-state index contributed by atoms with van der Waals surface area (Å²) in [5.74, 6) is 3.84. The van der Waals surface area contributed by atoms with Gasteiger partial charge in [-0.25, -0.2) is 29.9 Å². The monoisotopic (exact) mass is 1110 g/mol. The van der Waals surface area contributed by atoms with Gasteiger partial charge in [-0.2, -0.15) is 0 Å². The molecule has 0 bridgehead atoms. The van der Waals surface area contributed by atoms with Gasteiger partial charge in [0.25, 0.3) is 0 Å². The van der Waals surface area contributed by atoms with Crippen LogP contribution in [0.5, 0.6) is 0 Å². The smallest absolute Gasteiger partial charge is 0.164 e. The average Bonchev–Trinajstić information content (AvgIpc) is 2.08. The predicted molar refractivity (Wildman–Crippen MR) is 359 cm³/mol. The van der Waals surface area contributed by atoms with Crippen molar-refractivity contribution in [2.45, 2.75) is 19.3 Å². The number of rotatable bonds is 8. The van der Waals surface area contributed by atoms with Gasteiger partial charge in [-0.3, -0.25) is 0 Å². The lowest BCUT2D eigenvalue weighted by atomic mass is 9.80. The van der Waals surface area contributed by atoms with Crippen molar-refractivity contribution in [2.75, 3.05) is 0 Å². The summed E-state index contributed by atoms with van der Waals surface area (Å²) in [6, 6.07) is 99.7. The molecule has 0 radical (unpaired) electrons. The first kappa shape index (κ1) is 50.2. The summed E-state index contributed by atoms with van der Waals surface area (Å²) in [5.41, 5.74) is 15.1. The summed E-state index contributed by atoms with van der Waals surface area (Å²) in [6.07, 6.45) is 0. The summed E-state index contributed by atoms with van der Waals surface area (Å²) in [4.78, 5) is 30.2. The molecule has 2 heterocycles. The van der Waals surface area contributed by atoms with Crippen LogP contribution in [0.4, 0.5) is 0 Å². The highest BCUT2D eigenvalue weighted by Crippen LogP contribution is 2.54. The van der Waals surface area contributed by atoms with Crippen molar-refractivity contribution in [3.8, 4) is 102 Å². The zero-order chi connectivity index (χ0) is 57.7. The third kappa shape index (κ3) is 8.40. The Bertz CT molecular complexity index is 5020. The van der Waals surface area contributed by atoms with E-state index in [9.17, 15) is 0 Å². The molecule has 0 fully saturated rings. The fourth-order valence-electron chi connectivity index (χ4n) is 13.5. The quantitative estimate of drug-likeness (QED) is 0.141. The number of benzene rings is 14. The number of fused-ring (bicyclic) bond motifs is 15. The summed E-state index contributed by atoms with van der Waals surface area (Å²) >= 11 is 0. The molecule has 2 aromatic heterocycles. The highest BCUT2D eigenvalue weighted by molar-refractivity contribution is 6.29. The SMILES string of the molecule is CC1(C)c2cc3c4ccc(-c5cccc(-c6nc(-c7ccccc7)nc(-c7ccccc7)n6)c5)cc4c4ccccc4c3cc2-c2cc3c4ccccc4c4cc(-c5cccc(-c6nc(-c7ccccc7)nc(-c7ccccc7)n6)c5)ccc4c3cc21. The zero-order valence-corrected chi connectivity index (χ0v) is 47.7. The Kier molecular flexibility index (Phi) is 11.5. The standard InChI is InChI=1S/C81H52N6/c1-81(2)73-47-69-63-39-37-55(53-29-19-31-57(41-53)79-84-75(49-21-7-3-8-22-49)82-76(85-79)50-23-9-4-10-24-50)43-65(63)59-33-15-17-35-61(59)67(69)45-71(73)72-46-68-62-36-18-16-34-60(62)66-44-56(38-40-64(66)70(68)48-74(72)81)54-30-20-32-58(42-54)80-86-77(51-25-11-5-12-26-51)83-78(87-80)52-27-13-6-14-28-52/h3-48H,1-2H3. The number of aromatic nitrogens is 6. The van der Waals surface area contributed by atoms with E-state index < -0.39 is 0 Å². The van der Waals surface area contributed by atoms with Crippen molar-refractivity contribution in [1.82, 2.24) is 29.9 Å². The molecule has 0 N–H and O–H groups in total. The summed E-state index contributed by atoms with van der Waals surface area (Å²) in [7, 11) is 0. The Labute approximate surface area is 502 Å². The van der Waals surface area contributed by atoms with Gasteiger partial charge in [0.1, 0.15) is 0 Å². The molecule has 0 spiro atoms. The minimum atomic E-state index is -0.282. The highest BCUT2D eigenvalue weighted by atomic mass is 15.0. The molecule has 0 unspecified atom stereocenters. The van der Waals surface area contributed by atoms with Gasteiger partial charge in [0.05, 0.1) is 0 Å². The van der Waals surface area contributed by atoms with Gasteiger partial charge in [0, 0.05) is 38.8 Å². The molecule has 87 heavy (non-hydrogen) atoms. The third-order valence-corrected chi connectivity index (χ3v) is 17.9. The average molecular weight is 1110 g/mol. The van der Waals surface area contributed by atoms with Crippen molar-refractivity contribution < 1.29 is 0 Å². The lowest BCUT2D eigenvalue weighted by Crippen LogP contribution is -2.15. The fraction of sp³-hybridized carbons (Fsp3) is 0.0370. The predicted octanol–water partition coefficient (Wildman–Crippen LogP) is 20.6. The normalized spacial score (nSPS) is 12.6. The zero-order valence-electron chi connectivity index (χ0n) is 47.7. The second-order valence-electron chi connectivity index (χ2n) is 23.4. The van der Waals surface area contributed by atoms with Crippen LogP contribution in [0.1, 0.15) is 25.0 Å². The second kappa shape index (κ2) is 19.9. The molecule has 0 atom stereocenters. The fourth-order valence-corrected chi connectivity index (χ4v) is 13.5. The van der Waals surface area contributed by atoms with E-state index in [0.717, 1.165) is 55.6 Å². The van der Waals surface area contributed by atoms with Gasteiger partial charge in [-0.1, -0.05) is 244 Å². The molecule has 406 valence electrons. The van der Waals surface area contributed by atoms with Crippen molar-refractivity contribution in [2.24, 2.45) is 0 Å². The molecule has 1 aliphatic carbocycles. The lowest BCUT2D eigenvalue weighted by molar-refractivity contribution is 0.662. The number of nitrogens with zero attached hydrogens (tertiary/aromatic N) is 6. The minimum Gasteiger partial charge on any atom is -0.208 e. The van der Waals surface area contributed by atoms with Crippen LogP contribution in [0.15, 0.2) is 279 Å². The van der Waals surface area contributed by atoms with Crippen LogP contribution < -0.4 is 0 Å². The van der Waals surface area contributed by atoms with Gasteiger partial charge in [-0.15, -0.1) is 0 Å². The van der Waals surface area contributed by atoms with E-state index in [2.05, 4.69) is 172 Å². The van der Waals surface area contributed by atoms with E-state index in [0.29, 0.717) is 34.9 Å². The summed E-state index contributed by atoms with van der Waals surface area (Å²) in [6.45, 7) is 4.82. The Balaban J connectivity index is 0.767. The van der Waals surface area contributed by atoms with E-state index in [-0.39, 0.29) is 5.41 Å². The molecular formula is C81H52N6. The van der Waals surface area contributed by atoms with Crippen LogP contribution in [0, 0.1) is 0 Å². The Morgan fingerprint density at radius 3 is 0.759 bits per heavy atom.